The van der Waals surface area contributed by atoms with E-state index < -0.39 is 0 Å². The molecule has 0 bridgehead atoms. The molecule has 4 saturated carbocycles. The number of nitrogen functional groups attached to an aromatic ring is 1. The normalized spacial score (nSPS) is 39.6. The van der Waals surface area contributed by atoms with E-state index in [1.165, 1.54) is 50.0 Å². The summed E-state index contributed by atoms with van der Waals surface area (Å²) in [6, 6.07) is 5.41. The quantitative estimate of drug-likeness (QED) is 0.296. The van der Waals surface area contributed by atoms with Crippen LogP contribution in [0.25, 0.3) is 0 Å². The molecule has 0 spiro atoms. The number of methoxy groups -OCH3 is 2. The molecule has 8 atom stereocenters. The Bertz CT molecular complexity index is 969. The maximum absolute atomic E-state index is 13.7. The number of ketones is 1. The van der Waals surface area contributed by atoms with Crippen LogP contribution in [0.5, 0.6) is 5.75 Å². The Labute approximate surface area is 217 Å². The third kappa shape index (κ3) is 4.13. The minimum Gasteiger partial charge on any atom is -0.497 e. The summed E-state index contributed by atoms with van der Waals surface area (Å²) in [5.41, 5.74) is 7.81. The molecule has 0 amide bonds. The van der Waals surface area contributed by atoms with Gasteiger partial charge in [-0.15, -0.1) is 0 Å². The molecule has 6 nitrogen and oxygen atoms in total. The van der Waals surface area contributed by atoms with Crippen molar-refractivity contribution in [1.82, 2.24) is 0 Å². The van der Waals surface area contributed by atoms with E-state index in [2.05, 4.69) is 13.8 Å². The van der Waals surface area contributed by atoms with Crippen molar-refractivity contribution >= 4 is 17.2 Å². The van der Waals surface area contributed by atoms with Crippen LogP contribution in [0.15, 0.2) is 18.2 Å². The number of nitrogens with zero attached hydrogens (tertiary/aromatic N) is 1. The number of anilines is 2. The molecule has 6 heteroatoms. The highest BCUT2D eigenvalue weighted by Gasteiger charge is 2.62. The Morgan fingerprint density at radius 2 is 1.89 bits per heavy atom. The third-order valence-electron chi connectivity index (χ3n) is 11.3. The Hall–Kier alpha value is -1.79. The van der Waals surface area contributed by atoms with Crippen LogP contribution in [-0.4, -0.2) is 33.2 Å². The van der Waals surface area contributed by atoms with Crippen LogP contribution in [0, 0.1) is 46.3 Å². The molecular weight excluding hydrogens is 450 g/mol. The number of hydrazine groups is 1. The zero-order valence-corrected chi connectivity index (χ0v) is 22.8. The second-order valence-electron chi connectivity index (χ2n) is 12.9. The van der Waals surface area contributed by atoms with Crippen LogP contribution in [-0.2, 0) is 9.53 Å². The first-order chi connectivity index (χ1) is 17.2. The van der Waals surface area contributed by atoms with Crippen molar-refractivity contribution in [3.8, 4) is 5.75 Å². The zero-order valence-electron chi connectivity index (χ0n) is 22.8. The van der Waals surface area contributed by atoms with Crippen LogP contribution >= 0.6 is 0 Å². The van der Waals surface area contributed by atoms with Gasteiger partial charge in [0.15, 0.2) is 5.78 Å². The second kappa shape index (κ2) is 9.83. The number of benzene rings is 1. The SMILES string of the molecule is COCC12CCC(C)CC1CCC1C2CCC2(C)C1CC[C@@H]2C(=O)CN(N)c1cc(OC)ccc1N. The number of ether oxygens (including phenoxy) is 2. The first kappa shape index (κ1) is 25.8. The van der Waals surface area contributed by atoms with E-state index in [0.717, 1.165) is 43.1 Å². The number of rotatable bonds is 7. The maximum atomic E-state index is 13.7. The van der Waals surface area contributed by atoms with Gasteiger partial charge >= 0.3 is 0 Å². The average Bonchev–Trinajstić information content (AvgIpc) is 3.22. The number of hydrogen-bond acceptors (Lipinski definition) is 6. The van der Waals surface area contributed by atoms with Crippen molar-refractivity contribution in [2.75, 3.05) is 38.1 Å². The predicted molar refractivity (Wildman–Crippen MR) is 145 cm³/mol. The van der Waals surface area contributed by atoms with Crippen LogP contribution in [0.3, 0.4) is 0 Å². The summed E-state index contributed by atoms with van der Waals surface area (Å²) < 4.78 is 11.3. The van der Waals surface area contributed by atoms with E-state index in [1.807, 2.05) is 19.2 Å². The van der Waals surface area contributed by atoms with E-state index in [1.54, 1.807) is 13.2 Å². The van der Waals surface area contributed by atoms with Gasteiger partial charge in [-0.25, -0.2) is 5.84 Å². The highest BCUT2D eigenvalue weighted by atomic mass is 16.5. The summed E-state index contributed by atoms with van der Waals surface area (Å²) in [7, 11) is 3.52. The highest BCUT2D eigenvalue weighted by Crippen LogP contribution is 2.68. The molecule has 0 radical (unpaired) electrons. The number of fused-ring (bicyclic) bond motifs is 5. The first-order valence-corrected chi connectivity index (χ1v) is 14.2. The molecule has 7 unspecified atom stereocenters. The number of nitrogens with two attached hydrogens (primary N) is 2. The average molecular weight is 498 g/mol. The minimum absolute atomic E-state index is 0.0715. The molecule has 0 aliphatic heterocycles. The van der Waals surface area contributed by atoms with Gasteiger partial charge in [-0.3, -0.25) is 4.79 Å². The lowest BCUT2D eigenvalue weighted by Crippen LogP contribution is -2.56. The summed E-state index contributed by atoms with van der Waals surface area (Å²) in [6.45, 7) is 5.96. The molecule has 5 rings (SSSR count). The maximum Gasteiger partial charge on any atom is 0.157 e. The number of hydrogen-bond donors (Lipinski definition) is 2. The Balaban J connectivity index is 1.33. The zero-order chi connectivity index (χ0) is 25.7. The number of carbonyl (C=O) groups excluding carboxylic acids is 1. The number of carbonyl (C=O) groups is 1. The van der Waals surface area contributed by atoms with Crippen molar-refractivity contribution < 1.29 is 14.3 Å². The van der Waals surface area contributed by atoms with Gasteiger partial charge in [-0.05, 0) is 104 Å². The van der Waals surface area contributed by atoms with Crippen molar-refractivity contribution in [2.45, 2.75) is 71.6 Å². The predicted octanol–water partition coefficient (Wildman–Crippen LogP) is 5.45. The smallest absolute Gasteiger partial charge is 0.157 e. The van der Waals surface area contributed by atoms with Gasteiger partial charge in [-0.2, -0.15) is 0 Å². The Morgan fingerprint density at radius 3 is 2.64 bits per heavy atom. The van der Waals surface area contributed by atoms with Crippen molar-refractivity contribution in [1.29, 1.82) is 0 Å². The van der Waals surface area contributed by atoms with Gasteiger partial charge in [-0.1, -0.05) is 20.3 Å². The van der Waals surface area contributed by atoms with Crippen molar-refractivity contribution in [3.05, 3.63) is 18.2 Å². The van der Waals surface area contributed by atoms with Crippen molar-refractivity contribution in [3.63, 3.8) is 0 Å². The molecule has 4 N–H and O–H groups in total. The van der Waals surface area contributed by atoms with E-state index in [4.69, 9.17) is 21.1 Å². The van der Waals surface area contributed by atoms with Gasteiger partial charge in [0, 0.05) is 19.1 Å². The third-order valence-corrected chi connectivity index (χ3v) is 11.3. The lowest BCUT2D eigenvalue weighted by molar-refractivity contribution is -0.154. The minimum atomic E-state index is 0.0715. The van der Waals surface area contributed by atoms with E-state index in [-0.39, 0.29) is 23.7 Å². The fraction of sp³-hybridized carbons (Fsp3) is 0.767. The molecule has 36 heavy (non-hydrogen) atoms. The van der Waals surface area contributed by atoms with E-state index >= 15 is 0 Å². The molecule has 0 saturated heterocycles. The van der Waals surface area contributed by atoms with Gasteiger partial charge in [0.25, 0.3) is 0 Å². The van der Waals surface area contributed by atoms with Gasteiger partial charge < -0.3 is 20.2 Å². The monoisotopic (exact) mass is 497 g/mol. The molecule has 1 aromatic carbocycles. The van der Waals surface area contributed by atoms with E-state index in [9.17, 15) is 4.79 Å². The van der Waals surface area contributed by atoms with Gasteiger partial charge in [0.1, 0.15) is 5.75 Å². The molecule has 1 aromatic rings. The highest BCUT2D eigenvalue weighted by molar-refractivity contribution is 5.87. The largest absolute Gasteiger partial charge is 0.497 e. The second-order valence-corrected chi connectivity index (χ2v) is 12.9. The summed E-state index contributed by atoms with van der Waals surface area (Å²) in [4.78, 5) is 13.7. The Kier molecular flexibility index (Phi) is 7.05. The van der Waals surface area contributed by atoms with Gasteiger partial charge in [0.2, 0.25) is 0 Å². The Morgan fingerprint density at radius 1 is 1.08 bits per heavy atom. The van der Waals surface area contributed by atoms with Crippen LogP contribution in [0.1, 0.15) is 71.6 Å². The number of Topliss-reactive ketones (excluding diaryl/α,β-unsaturated/α-hetero) is 1. The van der Waals surface area contributed by atoms with Crippen LogP contribution < -0.4 is 21.3 Å². The molecule has 0 aromatic heterocycles. The first-order valence-electron chi connectivity index (χ1n) is 14.2. The summed E-state index contributed by atoms with van der Waals surface area (Å²) in [6.07, 6.45) is 11.3. The summed E-state index contributed by atoms with van der Waals surface area (Å²) in [5, 5.41) is 1.52. The fourth-order valence-electron chi connectivity index (χ4n) is 9.61. The molecule has 4 aliphatic rings. The van der Waals surface area contributed by atoms with E-state index in [0.29, 0.717) is 28.5 Å². The lowest BCUT2D eigenvalue weighted by Gasteiger charge is -2.62. The molecular formula is C30H47N3O3. The molecule has 4 fully saturated rings. The molecule has 4 aliphatic carbocycles. The van der Waals surface area contributed by atoms with Gasteiger partial charge in [0.05, 0.1) is 31.6 Å². The fourth-order valence-corrected chi connectivity index (χ4v) is 9.61. The molecule has 0 heterocycles. The standard InChI is InChI=1S/C30H47N3O3/c1-19-11-14-30(18-35-3)20(15-19)5-7-22-23-8-9-25(29(23,2)13-12-24(22)30)28(34)17-33(32)27-16-21(36-4)6-10-26(27)31/h6,10,16,19-20,22-25H,5,7-9,11-15,17-18,31-32H2,1-4H3/t19?,20?,22?,23?,24?,25-,29?,30?/m1/s1. The molecule has 200 valence electrons. The topological polar surface area (TPSA) is 90.8 Å². The summed E-state index contributed by atoms with van der Waals surface area (Å²) >= 11 is 0. The van der Waals surface area contributed by atoms with Crippen LogP contribution in [0.4, 0.5) is 11.4 Å². The summed E-state index contributed by atoms with van der Waals surface area (Å²) in [5.74, 6) is 11.2. The van der Waals surface area contributed by atoms with Crippen molar-refractivity contribution in [2.24, 2.45) is 52.2 Å². The lowest BCUT2D eigenvalue weighted by atomic mass is 9.44. The van der Waals surface area contributed by atoms with Crippen LogP contribution in [0.2, 0.25) is 0 Å².